The summed E-state index contributed by atoms with van der Waals surface area (Å²) in [5.41, 5.74) is 2.46. The highest BCUT2D eigenvalue weighted by molar-refractivity contribution is 14.0. The molecule has 0 atom stereocenters. The molecule has 0 fully saturated rings. The zero-order chi connectivity index (χ0) is 18.1. The molecule has 0 unspecified atom stereocenters. The molecule has 26 heavy (non-hydrogen) atoms. The molecule has 0 heterocycles. The lowest BCUT2D eigenvalue weighted by atomic mass is 10.1. The second-order valence-electron chi connectivity index (χ2n) is 5.63. The topological polar surface area (TPSA) is 65.5 Å². The van der Waals surface area contributed by atoms with Gasteiger partial charge in [-0.1, -0.05) is 42.5 Å². The Labute approximate surface area is 170 Å². The van der Waals surface area contributed by atoms with Gasteiger partial charge < -0.3 is 16.0 Å². The van der Waals surface area contributed by atoms with Gasteiger partial charge in [-0.15, -0.1) is 24.0 Å². The van der Waals surface area contributed by atoms with Crippen LogP contribution in [-0.4, -0.2) is 25.5 Å². The van der Waals surface area contributed by atoms with Gasteiger partial charge in [-0.05, 0) is 29.7 Å². The molecule has 0 aromatic heterocycles. The highest BCUT2D eigenvalue weighted by Crippen LogP contribution is 2.08. The van der Waals surface area contributed by atoms with Crippen molar-refractivity contribution in [2.24, 2.45) is 4.99 Å². The summed E-state index contributed by atoms with van der Waals surface area (Å²) in [6.45, 7) is 2.73. The van der Waals surface area contributed by atoms with Crippen molar-refractivity contribution < 1.29 is 9.18 Å². The zero-order valence-corrected chi connectivity index (χ0v) is 17.2. The number of aliphatic imine (C=N–C) groups is 1. The average Bonchev–Trinajstić information content (AvgIpc) is 2.63. The van der Waals surface area contributed by atoms with Crippen LogP contribution in [0.2, 0.25) is 0 Å². The largest absolute Gasteiger partial charge is 0.352 e. The lowest BCUT2D eigenvalue weighted by molar-refractivity contribution is -0.120. The molecule has 0 bridgehead atoms. The number of rotatable bonds is 6. The zero-order valence-electron chi connectivity index (χ0n) is 14.9. The molecule has 0 saturated carbocycles. The van der Waals surface area contributed by atoms with Crippen molar-refractivity contribution in [2.75, 3.05) is 13.6 Å². The van der Waals surface area contributed by atoms with E-state index in [-0.39, 0.29) is 42.2 Å². The Morgan fingerprint density at radius 1 is 1.00 bits per heavy atom. The summed E-state index contributed by atoms with van der Waals surface area (Å²) in [5.74, 6) is 0.117. The number of carbonyl (C=O) groups excluding carboxylic acids is 1. The van der Waals surface area contributed by atoms with Crippen molar-refractivity contribution in [3.05, 3.63) is 71.0 Å². The first-order valence-corrected chi connectivity index (χ1v) is 8.08. The van der Waals surface area contributed by atoms with Crippen molar-refractivity contribution in [1.82, 2.24) is 16.0 Å². The maximum absolute atomic E-state index is 13.5. The molecule has 0 spiro atoms. The van der Waals surface area contributed by atoms with Crippen LogP contribution in [0.15, 0.2) is 53.5 Å². The second-order valence-corrected chi connectivity index (χ2v) is 5.63. The molecule has 0 aliphatic carbocycles. The van der Waals surface area contributed by atoms with E-state index in [1.165, 1.54) is 6.07 Å². The average molecular weight is 470 g/mol. The van der Waals surface area contributed by atoms with Crippen LogP contribution in [0.5, 0.6) is 0 Å². The Morgan fingerprint density at radius 2 is 1.69 bits per heavy atom. The van der Waals surface area contributed by atoms with Gasteiger partial charge in [0, 0.05) is 20.1 Å². The fourth-order valence-corrected chi connectivity index (χ4v) is 2.18. The van der Waals surface area contributed by atoms with E-state index in [4.69, 9.17) is 0 Å². The normalized spacial score (nSPS) is 10.7. The van der Waals surface area contributed by atoms with Gasteiger partial charge in [-0.3, -0.25) is 9.79 Å². The van der Waals surface area contributed by atoms with E-state index in [2.05, 4.69) is 20.9 Å². The smallest absolute Gasteiger partial charge is 0.239 e. The SMILES string of the molecule is CN=C(NCC(=O)NCc1ccccc1)NCc1ccc(C)c(F)c1.I. The molecule has 2 aromatic rings. The van der Waals surface area contributed by atoms with E-state index in [9.17, 15) is 9.18 Å². The molecule has 2 aromatic carbocycles. The lowest BCUT2D eigenvalue weighted by Crippen LogP contribution is -2.42. The maximum Gasteiger partial charge on any atom is 0.239 e. The summed E-state index contributed by atoms with van der Waals surface area (Å²) in [5, 5.41) is 8.82. The maximum atomic E-state index is 13.5. The van der Waals surface area contributed by atoms with E-state index >= 15 is 0 Å². The molecular formula is C19H24FIN4O. The molecule has 140 valence electrons. The monoisotopic (exact) mass is 470 g/mol. The van der Waals surface area contributed by atoms with Crippen LogP contribution in [0.4, 0.5) is 4.39 Å². The van der Waals surface area contributed by atoms with Gasteiger partial charge >= 0.3 is 0 Å². The Balaban J connectivity index is 0.00000338. The summed E-state index contributed by atoms with van der Waals surface area (Å²) in [4.78, 5) is 15.9. The third-order valence-corrected chi connectivity index (χ3v) is 3.67. The van der Waals surface area contributed by atoms with Crippen molar-refractivity contribution in [1.29, 1.82) is 0 Å². The van der Waals surface area contributed by atoms with Crippen molar-refractivity contribution in [3.63, 3.8) is 0 Å². The Bertz CT molecular complexity index is 738. The van der Waals surface area contributed by atoms with E-state index in [1.54, 1.807) is 20.0 Å². The quantitative estimate of drug-likeness (QED) is 0.346. The van der Waals surface area contributed by atoms with E-state index in [0.717, 1.165) is 11.1 Å². The molecule has 0 aliphatic heterocycles. The minimum absolute atomic E-state index is 0. The predicted molar refractivity (Wildman–Crippen MR) is 113 cm³/mol. The minimum atomic E-state index is -0.234. The molecule has 1 amide bonds. The molecular weight excluding hydrogens is 446 g/mol. The van der Waals surface area contributed by atoms with Gasteiger partial charge in [0.2, 0.25) is 5.91 Å². The van der Waals surface area contributed by atoms with Crippen LogP contribution in [-0.2, 0) is 17.9 Å². The molecule has 5 nitrogen and oxygen atoms in total. The molecule has 7 heteroatoms. The van der Waals surface area contributed by atoms with Crippen molar-refractivity contribution in [2.45, 2.75) is 20.0 Å². The van der Waals surface area contributed by atoms with Gasteiger partial charge in [0.15, 0.2) is 5.96 Å². The highest BCUT2D eigenvalue weighted by atomic mass is 127. The number of halogens is 2. The van der Waals surface area contributed by atoms with Crippen molar-refractivity contribution >= 4 is 35.8 Å². The first-order chi connectivity index (χ1) is 12.1. The lowest BCUT2D eigenvalue weighted by Gasteiger charge is -2.12. The number of nitrogens with one attached hydrogen (secondary N) is 3. The molecule has 3 N–H and O–H groups in total. The van der Waals surface area contributed by atoms with Gasteiger partial charge in [0.1, 0.15) is 5.82 Å². The Morgan fingerprint density at radius 3 is 2.35 bits per heavy atom. The van der Waals surface area contributed by atoms with E-state index in [0.29, 0.717) is 24.6 Å². The summed E-state index contributed by atoms with van der Waals surface area (Å²) < 4.78 is 13.5. The first kappa shape index (κ1) is 21.9. The number of hydrogen-bond donors (Lipinski definition) is 3. The standard InChI is InChI=1S/C19H23FN4O.HI/c1-14-8-9-16(10-17(14)20)12-23-19(21-2)24-13-18(25)22-11-15-6-4-3-5-7-15;/h3-10H,11-13H2,1-2H3,(H,22,25)(H2,21,23,24);1H. The summed E-state index contributed by atoms with van der Waals surface area (Å²) in [6, 6.07) is 14.8. The molecule has 0 saturated heterocycles. The Hall–Kier alpha value is -2.16. The number of amides is 1. The highest BCUT2D eigenvalue weighted by Gasteiger charge is 2.05. The molecule has 2 rings (SSSR count). The van der Waals surface area contributed by atoms with Crippen LogP contribution in [0.3, 0.4) is 0 Å². The Kier molecular flexibility index (Phi) is 9.64. The van der Waals surface area contributed by atoms with Crippen LogP contribution in [0.25, 0.3) is 0 Å². The van der Waals surface area contributed by atoms with Crippen molar-refractivity contribution in [3.8, 4) is 0 Å². The summed E-state index contributed by atoms with van der Waals surface area (Å²) >= 11 is 0. The second kappa shape index (κ2) is 11.5. The summed E-state index contributed by atoms with van der Waals surface area (Å²) in [6.07, 6.45) is 0. The molecule has 0 radical (unpaired) electrons. The first-order valence-electron chi connectivity index (χ1n) is 8.08. The van der Waals surface area contributed by atoms with Crippen LogP contribution in [0, 0.1) is 12.7 Å². The fraction of sp³-hybridized carbons (Fsp3) is 0.263. The van der Waals surface area contributed by atoms with Crippen LogP contribution >= 0.6 is 24.0 Å². The third kappa shape index (κ3) is 7.38. The van der Waals surface area contributed by atoms with Crippen LogP contribution in [0.1, 0.15) is 16.7 Å². The number of nitrogens with zero attached hydrogens (tertiary/aromatic N) is 1. The van der Waals surface area contributed by atoms with E-state index < -0.39 is 0 Å². The fourth-order valence-electron chi connectivity index (χ4n) is 2.18. The van der Waals surface area contributed by atoms with E-state index in [1.807, 2.05) is 36.4 Å². The predicted octanol–water partition coefficient (Wildman–Crippen LogP) is 2.73. The molecule has 0 aliphatic rings. The number of guanidine groups is 1. The number of hydrogen-bond acceptors (Lipinski definition) is 2. The third-order valence-electron chi connectivity index (χ3n) is 3.67. The van der Waals surface area contributed by atoms with Gasteiger partial charge in [-0.2, -0.15) is 0 Å². The minimum Gasteiger partial charge on any atom is -0.352 e. The number of aryl methyl sites for hydroxylation is 1. The van der Waals surface area contributed by atoms with Crippen LogP contribution < -0.4 is 16.0 Å². The number of carbonyl (C=O) groups is 1. The number of benzene rings is 2. The van der Waals surface area contributed by atoms with Gasteiger partial charge in [0.25, 0.3) is 0 Å². The summed E-state index contributed by atoms with van der Waals surface area (Å²) in [7, 11) is 1.62. The van der Waals surface area contributed by atoms with Gasteiger partial charge in [0.05, 0.1) is 6.54 Å². The van der Waals surface area contributed by atoms with Gasteiger partial charge in [-0.25, -0.2) is 4.39 Å².